The van der Waals surface area contributed by atoms with Gasteiger partial charge in [0, 0.05) is 18.4 Å². The summed E-state index contributed by atoms with van der Waals surface area (Å²) in [5.41, 5.74) is 4.97. The molecule has 27 heavy (non-hydrogen) atoms. The van der Waals surface area contributed by atoms with E-state index in [4.69, 9.17) is 4.74 Å². The minimum Gasteiger partial charge on any atom is -0.497 e. The van der Waals surface area contributed by atoms with Crippen molar-refractivity contribution in [2.24, 2.45) is 0 Å². The summed E-state index contributed by atoms with van der Waals surface area (Å²) in [6.45, 7) is 4.60. The van der Waals surface area contributed by atoms with Crippen LogP contribution in [-0.2, 0) is 6.54 Å². The predicted molar refractivity (Wildman–Crippen MR) is 108 cm³/mol. The fraction of sp³-hybridized carbons (Fsp3) is 0.182. The second-order valence-corrected chi connectivity index (χ2v) is 6.39. The van der Waals surface area contributed by atoms with Crippen LogP contribution in [0.4, 0.5) is 11.5 Å². The van der Waals surface area contributed by atoms with Gasteiger partial charge in [-0.3, -0.25) is 4.79 Å². The molecule has 1 amide bonds. The molecule has 0 atom stereocenters. The van der Waals surface area contributed by atoms with Gasteiger partial charge in [0.25, 0.3) is 5.91 Å². The molecule has 0 bridgehead atoms. The minimum atomic E-state index is -0.156. The average molecular weight is 361 g/mol. The van der Waals surface area contributed by atoms with Crippen molar-refractivity contribution in [3.63, 3.8) is 0 Å². The molecule has 5 nitrogen and oxygen atoms in total. The third kappa shape index (κ3) is 4.85. The Morgan fingerprint density at radius 3 is 2.41 bits per heavy atom. The maximum Gasteiger partial charge on any atom is 0.253 e. The molecule has 0 fully saturated rings. The highest BCUT2D eigenvalue weighted by molar-refractivity contribution is 5.94. The number of rotatable bonds is 6. The number of ether oxygens (including phenoxy) is 1. The van der Waals surface area contributed by atoms with Crippen molar-refractivity contribution in [1.82, 2.24) is 10.3 Å². The normalized spacial score (nSPS) is 10.3. The van der Waals surface area contributed by atoms with Crippen LogP contribution in [0.1, 0.15) is 27.0 Å². The Balaban J connectivity index is 1.58. The lowest BCUT2D eigenvalue weighted by Crippen LogP contribution is -2.22. The molecule has 0 aliphatic carbocycles. The lowest BCUT2D eigenvalue weighted by Gasteiger charge is -2.09. The quantitative estimate of drug-likeness (QED) is 0.684. The van der Waals surface area contributed by atoms with Gasteiger partial charge < -0.3 is 15.4 Å². The van der Waals surface area contributed by atoms with E-state index in [1.54, 1.807) is 25.4 Å². The van der Waals surface area contributed by atoms with Crippen molar-refractivity contribution in [1.29, 1.82) is 0 Å². The summed E-state index contributed by atoms with van der Waals surface area (Å²) in [5, 5.41) is 6.15. The van der Waals surface area contributed by atoms with E-state index in [0.29, 0.717) is 17.9 Å². The molecule has 138 valence electrons. The molecule has 1 heterocycles. The Hall–Kier alpha value is -3.34. The van der Waals surface area contributed by atoms with Gasteiger partial charge in [-0.15, -0.1) is 0 Å². The van der Waals surface area contributed by atoms with Crippen molar-refractivity contribution >= 4 is 17.4 Å². The largest absolute Gasteiger partial charge is 0.497 e. The van der Waals surface area contributed by atoms with Crippen LogP contribution in [0, 0.1) is 13.8 Å². The summed E-state index contributed by atoms with van der Waals surface area (Å²) >= 11 is 0. The molecular formula is C22H23N3O2. The highest BCUT2D eigenvalue weighted by Crippen LogP contribution is 2.18. The van der Waals surface area contributed by atoms with Gasteiger partial charge in [-0.1, -0.05) is 18.2 Å². The number of anilines is 2. The van der Waals surface area contributed by atoms with E-state index in [9.17, 15) is 4.79 Å². The SMILES string of the molecule is COc1ccc(CNC(=O)c2ccc(Nc3ccc(C)c(C)c3)nc2)cc1. The molecule has 0 unspecified atom stereocenters. The first-order chi connectivity index (χ1) is 13.0. The highest BCUT2D eigenvalue weighted by Gasteiger charge is 2.07. The first-order valence-electron chi connectivity index (χ1n) is 8.76. The van der Waals surface area contributed by atoms with E-state index < -0.39 is 0 Å². The molecule has 0 saturated heterocycles. The number of nitrogens with zero attached hydrogens (tertiary/aromatic N) is 1. The number of aryl methyl sites for hydroxylation is 2. The smallest absolute Gasteiger partial charge is 0.253 e. The average Bonchev–Trinajstić information content (AvgIpc) is 2.70. The number of hydrogen-bond acceptors (Lipinski definition) is 4. The summed E-state index contributed by atoms with van der Waals surface area (Å²) < 4.78 is 5.13. The Labute approximate surface area is 159 Å². The molecule has 3 rings (SSSR count). The lowest BCUT2D eigenvalue weighted by molar-refractivity contribution is 0.0950. The van der Waals surface area contributed by atoms with Gasteiger partial charge in [0.05, 0.1) is 12.7 Å². The van der Waals surface area contributed by atoms with Gasteiger partial charge in [-0.25, -0.2) is 4.98 Å². The Morgan fingerprint density at radius 2 is 1.78 bits per heavy atom. The number of carbonyl (C=O) groups excluding carboxylic acids is 1. The molecule has 3 aromatic rings. The Bertz CT molecular complexity index is 919. The van der Waals surface area contributed by atoms with E-state index in [-0.39, 0.29) is 5.91 Å². The zero-order chi connectivity index (χ0) is 19.2. The third-order valence-corrected chi connectivity index (χ3v) is 4.42. The van der Waals surface area contributed by atoms with Crippen LogP contribution in [0.25, 0.3) is 0 Å². The van der Waals surface area contributed by atoms with E-state index in [2.05, 4.69) is 41.6 Å². The van der Waals surface area contributed by atoms with Crippen molar-refractivity contribution in [3.05, 3.63) is 83.0 Å². The zero-order valence-corrected chi connectivity index (χ0v) is 15.7. The van der Waals surface area contributed by atoms with E-state index in [0.717, 1.165) is 17.0 Å². The van der Waals surface area contributed by atoms with Crippen LogP contribution in [0.5, 0.6) is 5.75 Å². The molecule has 0 radical (unpaired) electrons. The van der Waals surface area contributed by atoms with Gasteiger partial charge in [-0.05, 0) is 66.9 Å². The Kier molecular flexibility index (Phi) is 5.71. The summed E-state index contributed by atoms with van der Waals surface area (Å²) in [4.78, 5) is 16.6. The van der Waals surface area contributed by atoms with E-state index >= 15 is 0 Å². The maximum absolute atomic E-state index is 12.3. The number of carbonyl (C=O) groups is 1. The fourth-order valence-electron chi connectivity index (χ4n) is 2.60. The predicted octanol–water partition coefficient (Wildman–Crippen LogP) is 4.38. The lowest BCUT2D eigenvalue weighted by atomic mass is 10.1. The van der Waals surface area contributed by atoms with Crippen molar-refractivity contribution < 1.29 is 9.53 Å². The van der Waals surface area contributed by atoms with Crippen LogP contribution < -0.4 is 15.4 Å². The summed E-state index contributed by atoms with van der Waals surface area (Å²) in [6.07, 6.45) is 1.58. The van der Waals surface area contributed by atoms with Crippen LogP contribution in [0.3, 0.4) is 0 Å². The van der Waals surface area contributed by atoms with Crippen molar-refractivity contribution in [2.75, 3.05) is 12.4 Å². The number of aromatic nitrogens is 1. The second kappa shape index (κ2) is 8.36. The van der Waals surface area contributed by atoms with Crippen LogP contribution in [-0.4, -0.2) is 18.0 Å². The number of methoxy groups -OCH3 is 1. The number of hydrogen-bond donors (Lipinski definition) is 2. The molecular weight excluding hydrogens is 338 g/mol. The highest BCUT2D eigenvalue weighted by atomic mass is 16.5. The molecule has 0 spiro atoms. The molecule has 1 aromatic heterocycles. The second-order valence-electron chi connectivity index (χ2n) is 6.39. The Morgan fingerprint density at radius 1 is 1.00 bits per heavy atom. The number of pyridine rings is 1. The van der Waals surface area contributed by atoms with Gasteiger partial charge in [-0.2, -0.15) is 0 Å². The summed E-state index contributed by atoms with van der Waals surface area (Å²) in [7, 11) is 1.63. The van der Waals surface area contributed by atoms with Crippen LogP contribution >= 0.6 is 0 Å². The topological polar surface area (TPSA) is 63.2 Å². The molecule has 2 N–H and O–H groups in total. The maximum atomic E-state index is 12.3. The van der Waals surface area contributed by atoms with Crippen molar-refractivity contribution in [2.45, 2.75) is 20.4 Å². The first-order valence-corrected chi connectivity index (χ1v) is 8.76. The molecule has 5 heteroatoms. The summed E-state index contributed by atoms with van der Waals surface area (Å²) in [5.74, 6) is 1.34. The minimum absolute atomic E-state index is 0.156. The first kappa shape index (κ1) is 18.5. The van der Waals surface area contributed by atoms with Crippen molar-refractivity contribution in [3.8, 4) is 5.75 Å². The van der Waals surface area contributed by atoms with Gasteiger partial charge in [0.1, 0.15) is 11.6 Å². The molecule has 0 saturated carbocycles. The van der Waals surface area contributed by atoms with E-state index in [1.165, 1.54) is 11.1 Å². The summed E-state index contributed by atoms with van der Waals surface area (Å²) in [6, 6.07) is 17.3. The number of nitrogens with one attached hydrogen (secondary N) is 2. The zero-order valence-electron chi connectivity index (χ0n) is 15.7. The van der Waals surface area contributed by atoms with Gasteiger partial charge >= 0.3 is 0 Å². The number of benzene rings is 2. The molecule has 0 aliphatic rings. The van der Waals surface area contributed by atoms with Crippen LogP contribution in [0.2, 0.25) is 0 Å². The standard InChI is InChI=1S/C22H23N3O2/c1-15-4-8-19(12-16(15)2)25-21-11-7-18(14-23-21)22(26)24-13-17-5-9-20(27-3)10-6-17/h4-12,14H,13H2,1-3H3,(H,23,25)(H,24,26). The third-order valence-electron chi connectivity index (χ3n) is 4.42. The monoisotopic (exact) mass is 361 g/mol. The number of amides is 1. The fourth-order valence-corrected chi connectivity index (χ4v) is 2.60. The van der Waals surface area contributed by atoms with E-state index in [1.807, 2.05) is 30.3 Å². The van der Waals surface area contributed by atoms with Gasteiger partial charge in [0.2, 0.25) is 0 Å². The van der Waals surface area contributed by atoms with Gasteiger partial charge in [0.15, 0.2) is 0 Å². The molecule has 2 aromatic carbocycles. The van der Waals surface area contributed by atoms with Crippen LogP contribution in [0.15, 0.2) is 60.8 Å². The molecule has 0 aliphatic heterocycles.